The molecule has 3 rings (SSSR count). The fraction of sp³-hybridized carbons (Fsp3) is 0.455. The van der Waals surface area contributed by atoms with Gasteiger partial charge in [-0.15, -0.1) is 0 Å². The molecule has 3 nitrogen and oxygen atoms in total. The summed E-state index contributed by atoms with van der Waals surface area (Å²) in [6.45, 7) is 9.11. The van der Waals surface area contributed by atoms with E-state index >= 15 is 0 Å². The van der Waals surface area contributed by atoms with Crippen LogP contribution in [0.2, 0.25) is 0 Å². The minimum Gasteiger partial charge on any atom is -0.497 e. The molecule has 134 valence electrons. The molecule has 1 unspecified atom stereocenters. The van der Waals surface area contributed by atoms with Gasteiger partial charge in [-0.3, -0.25) is 4.90 Å². The summed E-state index contributed by atoms with van der Waals surface area (Å²) in [5.74, 6) is 1.59. The van der Waals surface area contributed by atoms with E-state index in [1.807, 2.05) is 12.1 Å². The molecule has 2 aromatic carbocycles. The van der Waals surface area contributed by atoms with Crippen molar-refractivity contribution in [1.29, 1.82) is 0 Å². The smallest absolute Gasteiger partial charge is 0.118 e. The van der Waals surface area contributed by atoms with E-state index in [-0.39, 0.29) is 0 Å². The van der Waals surface area contributed by atoms with Crippen molar-refractivity contribution in [3.8, 4) is 16.9 Å². The molecule has 0 bridgehead atoms. The van der Waals surface area contributed by atoms with Crippen LogP contribution in [-0.2, 0) is 0 Å². The number of rotatable bonds is 6. The number of nitrogens with zero attached hydrogens (tertiary/aromatic N) is 1. The normalized spacial score (nSPS) is 16.8. The average Bonchev–Trinajstić information content (AvgIpc) is 2.67. The van der Waals surface area contributed by atoms with Crippen LogP contribution >= 0.6 is 0 Å². The quantitative estimate of drug-likeness (QED) is 0.847. The lowest BCUT2D eigenvalue weighted by Gasteiger charge is -2.36. The van der Waals surface area contributed by atoms with E-state index < -0.39 is 0 Å². The number of hydrogen-bond acceptors (Lipinski definition) is 3. The first-order valence-electron chi connectivity index (χ1n) is 9.36. The van der Waals surface area contributed by atoms with Crippen molar-refractivity contribution < 1.29 is 4.74 Å². The third-order valence-electron chi connectivity index (χ3n) is 5.01. The van der Waals surface area contributed by atoms with Crippen LogP contribution in [0.15, 0.2) is 48.5 Å². The second kappa shape index (κ2) is 8.50. The fourth-order valence-electron chi connectivity index (χ4n) is 3.62. The van der Waals surface area contributed by atoms with Crippen molar-refractivity contribution in [1.82, 2.24) is 10.2 Å². The van der Waals surface area contributed by atoms with Crippen LogP contribution in [0.5, 0.6) is 5.75 Å². The van der Waals surface area contributed by atoms with Crippen molar-refractivity contribution in [3.63, 3.8) is 0 Å². The lowest BCUT2D eigenvalue weighted by molar-refractivity contribution is 0.154. The maximum absolute atomic E-state index is 5.25. The Morgan fingerprint density at radius 3 is 2.00 bits per heavy atom. The van der Waals surface area contributed by atoms with E-state index in [1.165, 1.54) is 23.1 Å². The number of nitrogens with one attached hydrogen (secondary N) is 1. The monoisotopic (exact) mass is 338 g/mol. The van der Waals surface area contributed by atoms with Crippen LogP contribution in [-0.4, -0.2) is 38.2 Å². The lowest BCUT2D eigenvalue weighted by atomic mass is 9.93. The Hall–Kier alpha value is -1.84. The van der Waals surface area contributed by atoms with Gasteiger partial charge in [-0.2, -0.15) is 0 Å². The first kappa shape index (κ1) is 18.0. The van der Waals surface area contributed by atoms with Crippen molar-refractivity contribution in [3.05, 3.63) is 54.1 Å². The summed E-state index contributed by atoms with van der Waals surface area (Å²) in [4.78, 5) is 2.64. The molecule has 1 saturated heterocycles. The largest absolute Gasteiger partial charge is 0.497 e. The molecule has 1 aliphatic heterocycles. The van der Waals surface area contributed by atoms with E-state index in [0.717, 1.165) is 31.9 Å². The minimum atomic E-state index is 0.520. The fourth-order valence-corrected chi connectivity index (χ4v) is 3.62. The highest BCUT2D eigenvalue weighted by molar-refractivity contribution is 5.64. The van der Waals surface area contributed by atoms with Gasteiger partial charge in [0.2, 0.25) is 0 Å². The zero-order valence-corrected chi connectivity index (χ0v) is 15.7. The van der Waals surface area contributed by atoms with E-state index in [9.17, 15) is 0 Å². The van der Waals surface area contributed by atoms with Gasteiger partial charge in [0.1, 0.15) is 5.75 Å². The number of ether oxygens (including phenoxy) is 1. The first-order valence-corrected chi connectivity index (χ1v) is 9.36. The Labute approximate surface area is 152 Å². The van der Waals surface area contributed by atoms with Crippen molar-refractivity contribution in [2.75, 3.05) is 33.3 Å². The van der Waals surface area contributed by atoms with Gasteiger partial charge in [0.15, 0.2) is 0 Å². The average molecular weight is 338 g/mol. The van der Waals surface area contributed by atoms with E-state index in [1.54, 1.807) is 7.11 Å². The molecule has 1 N–H and O–H groups in total. The van der Waals surface area contributed by atoms with Crippen molar-refractivity contribution in [2.45, 2.75) is 26.3 Å². The Morgan fingerprint density at radius 2 is 1.48 bits per heavy atom. The van der Waals surface area contributed by atoms with Crippen LogP contribution < -0.4 is 10.1 Å². The SMILES string of the molecule is COc1ccc(-c2ccc(C(CC(C)C)N3CCNCC3)cc2)cc1. The molecule has 0 saturated carbocycles. The van der Waals surface area contributed by atoms with Crippen LogP contribution in [0, 0.1) is 5.92 Å². The number of methoxy groups -OCH3 is 1. The molecule has 0 amide bonds. The highest BCUT2D eigenvalue weighted by atomic mass is 16.5. The van der Waals surface area contributed by atoms with Crippen LogP contribution in [0.4, 0.5) is 0 Å². The maximum Gasteiger partial charge on any atom is 0.118 e. The Bertz CT molecular complexity index is 643. The second-order valence-corrected chi connectivity index (χ2v) is 7.28. The van der Waals surface area contributed by atoms with Gasteiger partial charge in [0.05, 0.1) is 7.11 Å². The molecule has 1 aliphatic rings. The van der Waals surface area contributed by atoms with E-state index in [4.69, 9.17) is 4.74 Å². The van der Waals surface area contributed by atoms with Gasteiger partial charge in [-0.25, -0.2) is 0 Å². The molecule has 1 fully saturated rings. The summed E-state index contributed by atoms with van der Waals surface area (Å²) in [5, 5.41) is 3.46. The number of benzene rings is 2. The predicted molar refractivity (Wildman–Crippen MR) is 105 cm³/mol. The van der Waals surface area contributed by atoms with Gasteiger partial charge in [0, 0.05) is 32.2 Å². The molecule has 1 atom stereocenters. The standard InChI is InChI=1S/C22H30N2O/c1-17(2)16-22(24-14-12-23-13-15-24)20-6-4-18(5-7-20)19-8-10-21(25-3)11-9-19/h4-11,17,22-23H,12-16H2,1-3H3. The second-order valence-electron chi connectivity index (χ2n) is 7.28. The molecule has 0 spiro atoms. The summed E-state index contributed by atoms with van der Waals surface area (Å²) < 4.78 is 5.25. The van der Waals surface area contributed by atoms with Gasteiger partial charge < -0.3 is 10.1 Å². The molecular formula is C22H30N2O. The van der Waals surface area contributed by atoms with Crippen LogP contribution in [0.1, 0.15) is 31.9 Å². The molecule has 0 aliphatic carbocycles. The summed E-state index contributed by atoms with van der Waals surface area (Å²) >= 11 is 0. The molecule has 25 heavy (non-hydrogen) atoms. The first-order chi connectivity index (χ1) is 12.2. The summed E-state index contributed by atoms with van der Waals surface area (Å²) in [7, 11) is 1.70. The van der Waals surface area contributed by atoms with Crippen LogP contribution in [0.25, 0.3) is 11.1 Å². The molecule has 2 aromatic rings. The highest BCUT2D eigenvalue weighted by Gasteiger charge is 2.22. The maximum atomic E-state index is 5.25. The highest BCUT2D eigenvalue weighted by Crippen LogP contribution is 2.30. The molecular weight excluding hydrogens is 308 g/mol. The van der Waals surface area contributed by atoms with E-state index in [0.29, 0.717) is 12.0 Å². The zero-order chi connectivity index (χ0) is 17.6. The predicted octanol–water partition coefficient (Wildman–Crippen LogP) is 4.35. The Balaban J connectivity index is 1.79. The van der Waals surface area contributed by atoms with Gasteiger partial charge in [0.25, 0.3) is 0 Å². The third-order valence-corrected chi connectivity index (χ3v) is 5.01. The molecule has 1 heterocycles. The van der Waals surface area contributed by atoms with Gasteiger partial charge in [-0.1, -0.05) is 50.2 Å². The van der Waals surface area contributed by atoms with Gasteiger partial charge >= 0.3 is 0 Å². The minimum absolute atomic E-state index is 0.520. The lowest BCUT2D eigenvalue weighted by Crippen LogP contribution is -2.45. The van der Waals surface area contributed by atoms with Gasteiger partial charge in [-0.05, 0) is 41.2 Å². The van der Waals surface area contributed by atoms with Crippen LogP contribution in [0.3, 0.4) is 0 Å². The van der Waals surface area contributed by atoms with Crippen molar-refractivity contribution >= 4 is 0 Å². The Morgan fingerprint density at radius 1 is 0.920 bits per heavy atom. The third kappa shape index (κ3) is 4.62. The Kier molecular flexibility index (Phi) is 6.11. The molecule has 0 radical (unpaired) electrons. The molecule has 3 heteroatoms. The number of piperazine rings is 1. The summed E-state index contributed by atoms with van der Waals surface area (Å²) in [5.41, 5.74) is 3.93. The zero-order valence-electron chi connectivity index (χ0n) is 15.7. The van der Waals surface area contributed by atoms with Crippen molar-refractivity contribution in [2.24, 2.45) is 5.92 Å². The topological polar surface area (TPSA) is 24.5 Å². The summed E-state index contributed by atoms with van der Waals surface area (Å²) in [6, 6.07) is 17.9. The molecule has 0 aromatic heterocycles. The summed E-state index contributed by atoms with van der Waals surface area (Å²) in [6.07, 6.45) is 1.21. The number of hydrogen-bond donors (Lipinski definition) is 1. The van der Waals surface area contributed by atoms with E-state index in [2.05, 4.69) is 60.5 Å².